The number of rotatable bonds is 5. The number of aromatic nitrogens is 3. The van der Waals surface area contributed by atoms with Crippen molar-refractivity contribution in [3.05, 3.63) is 73.3 Å². The van der Waals surface area contributed by atoms with E-state index in [4.69, 9.17) is 46.4 Å². The Labute approximate surface area is 174 Å². The third-order valence-electron chi connectivity index (χ3n) is 3.61. The molecule has 0 saturated carbocycles. The maximum absolute atomic E-state index is 13.0. The van der Waals surface area contributed by atoms with Crippen LogP contribution in [0.15, 0.2) is 35.4 Å². The van der Waals surface area contributed by atoms with Gasteiger partial charge in [0, 0.05) is 0 Å². The van der Waals surface area contributed by atoms with Gasteiger partial charge in [-0.15, -0.1) is 0 Å². The zero-order chi connectivity index (χ0) is 19.6. The number of aryl methyl sites for hydroxylation is 1. The van der Waals surface area contributed by atoms with Crippen molar-refractivity contribution in [3.8, 4) is 0 Å². The number of hydrazone groups is 1. The second-order valence-corrected chi connectivity index (χ2v) is 7.07. The molecule has 0 spiro atoms. The Kier molecular flexibility index (Phi) is 6.22. The van der Waals surface area contributed by atoms with Gasteiger partial charge in [-0.2, -0.15) is 10.2 Å². The van der Waals surface area contributed by atoms with Gasteiger partial charge < -0.3 is 0 Å². The summed E-state index contributed by atoms with van der Waals surface area (Å²) in [5.41, 5.74) is 4.87. The van der Waals surface area contributed by atoms with Crippen molar-refractivity contribution < 1.29 is 4.39 Å². The van der Waals surface area contributed by atoms with Crippen LogP contribution >= 0.6 is 46.4 Å². The van der Waals surface area contributed by atoms with Crippen molar-refractivity contribution in [1.29, 1.82) is 0 Å². The van der Waals surface area contributed by atoms with E-state index in [9.17, 15) is 4.39 Å². The molecule has 3 aromatic rings. The summed E-state index contributed by atoms with van der Waals surface area (Å²) in [6.07, 6.45) is 1.51. The van der Waals surface area contributed by atoms with Gasteiger partial charge in [-0.25, -0.2) is 14.1 Å². The molecule has 1 aromatic carbocycles. The van der Waals surface area contributed by atoms with Crippen LogP contribution in [0.2, 0.25) is 20.4 Å². The van der Waals surface area contributed by atoms with E-state index in [1.165, 1.54) is 24.4 Å². The van der Waals surface area contributed by atoms with Gasteiger partial charge in [0.1, 0.15) is 16.1 Å². The predicted molar refractivity (Wildman–Crippen MR) is 108 cm³/mol. The Morgan fingerprint density at radius 3 is 2.56 bits per heavy atom. The SMILES string of the molecule is Cc1nn(Cc2ccc(F)cc2)c(Cl)c1C=NNc1nc(Cl)c(Cl)cc1Cl. The molecule has 0 aliphatic heterocycles. The standard InChI is InChI=1S/C17H12Cl4FN5/c1-9-12(7-23-25-17-14(19)6-13(18)15(20)24-17)16(21)27(26-9)8-10-2-4-11(22)5-3-10/h2-7H,8H2,1H3,(H,24,25). The number of nitrogens with zero attached hydrogens (tertiary/aromatic N) is 4. The van der Waals surface area contributed by atoms with Crippen LogP contribution in [0, 0.1) is 12.7 Å². The second kappa shape index (κ2) is 8.44. The summed E-state index contributed by atoms with van der Waals surface area (Å²) in [5.74, 6) is -0.0373. The van der Waals surface area contributed by atoms with E-state index in [0.717, 1.165) is 5.56 Å². The molecule has 0 aliphatic carbocycles. The molecule has 3 rings (SSSR count). The highest BCUT2D eigenvalue weighted by Gasteiger charge is 2.12. The van der Waals surface area contributed by atoms with Gasteiger partial charge in [0.2, 0.25) is 0 Å². The molecule has 0 saturated heterocycles. The van der Waals surface area contributed by atoms with Gasteiger partial charge in [0.15, 0.2) is 5.82 Å². The number of halogens is 5. The van der Waals surface area contributed by atoms with Crippen LogP contribution in [0.1, 0.15) is 16.8 Å². The molecule has 0 atom stereocenters. The van der Waals surface area contributed by atoms with Crippen LogP contribution in [0.5, 0.6) is 0 Å². The number of hydrogen-bond acceptors (Lipinski definition) is 4. The summed E-state index contributed by atoms with van der Waals surface area (Å²) in [7, 11) is 0. The maximum Gasteiger partial charge on any atom is 0.166 e. The van der Waals surface area contributed by atoms with Gasteiger partial charge >= 0.3 is 0 Å². The van der Waals surface area contributed by atoms with E-state index < -0.39 is 0 Å². The Morgan fingerprint density at radius 2 is 1.85 bits per heavy atom. The highest BCUT2D eigenvalue weighted by Crippen LogP contribution is 2.29. The molecular formula is C17H12Cl4FN5. The van der Waals surface area contributed by atoms with Crippen molar-refractivity contribution >= 4 is 58.4 Å². The first-order valence-corrected chi connectivity index (χ1v) is 9.14. The molecule has 0 unspecified atom stereocenters. The van der Waals surface area contributed by atoms with E-state index in [0.29, 0.717) is 23.0 Å². The zero-order valence-electron chi connectivity index (χ0n) is 13.8. The van der Waals surface area contributed by atoms with Gasteiger partial charge in [-0.05, 0) is 30.7 Å². The molecule has 0 radical (unpaired) electrons. The maximum atomic E-state index is 13.0. The van der Waals surface area contributed by atoms with Crippen LogP contribution in [0.4, 0.5) is 10.2 Å². The number of benzene rings is 1. The van der Waals surface area contributed by atoms with Crippen molar-refractivity contribution in [2.75, 3.05) is 5.43 Å². The van der Waals surface area contributed by atoms with Crippen molar-refractivity contribution in [3.63, 3.8) is 0 Å². The normalized spacial score (nSPS) is 11.3. The molecule has 2 heterocycles. The lowest BCUT2D eigenvalue weighted by Gasteiger charge is -2.04. The highest BCUT2D eigenvalue weighted by molar-refractivity contribution is 6.42. The fourth-order valence-electron chi connectivity index (χ4n) is 2.26. The predicted octanol–water partition coefficient (Wildman–Crippen LogP) is 5.83. The molecule has 0 aliphatic rings. The molecule has 0 bridgehead atoms. The first-order valence-electron chi connectivity index (χ1n) is 7.63. The Hall–Kier alpha value is -1.86. The van der Waals surface area contributed by atoms with Gasteiger partial charge in [-0.3, -0.25) is 5.43 Å². The minimum Gasteiger partial charge on any atom is -0.260 e. The van der Waals surface area contributed by atoms with Gasteiger partial charge in [0.25, 0.3) is 0 Å². The second-order valence-electron chi connectivity index (χ2n) is 5.54. The highest BCUT2D eigenvalue weighted by atomic mass is 35.5. The van der Waals surface area contributed by atoms with E-state index in [-0.39, 0.29) is 26.8 Å². The summed E-state index contributed by atoms with van der Waals surface area (Å²) in [6.45, 7) is 2.21. The lowest BCUT2D eigenvalue weighted by molar-refractivity contribution is 0.624. The molecule has 5 nitrogen and oxygen atoms in total. The fraction of sp³-hybridized carbons (Fsp3) is 0.118. The molecular weight excluding hydrogens is 435 g/mol. The summed E-state index contributed by atoms with van der Waals surface area (Å²) < 4.78 is 14.6. The first kappa shape index (κ1) is 19.9. The number of anilines is 1. The van der Waals surface area contributed by atoms with E-state index in [2.05, 4.69) is 20.6 Å². The lowest BCUT2D eigenvalue weighted by Crippen LogP contribution is -2.02. The number of pyridine rings is 1. The third-order valence-corrected chi connectivity index (χ3v) is 4.97. The third kappa shape index (κ3) is 4.71. The minimum atomic E-state index is -0.296. The monoisotopic (exact) mass is 445 g/mol. The summed E-state index contributed by atoms with van der Waals surface area (Å²) >= 11 is 24.1. The Morgan fingerprint density at radius 1 is 1.15 bits per heavy atom. The molecule has 0 amide bonds. The van der Waals surface area contributed by atoms with Crippen LogP contribution < -0.4 is 5.43 Å². The molecule has 10 heteroatoms. The lowest BCUT2D eigenvalue weighted by atomic mass is 10.2. The Balaban J connectivity index is 1.77. The van der Waals surface area contributed by atoms with E-state index >= 15 is 0 Å². The summed E-state index contributed by atoms with van der Waals surface area (Å²) in [6, 6.07) is 7.60. The van der Waals surface area contributed by atoms with Crippen LogP contribution in [-0.2, 0) is 6.54 Å². The average Bonchev–Trinajstić information content (AvgIpc) is 2.88. The van der Waals surface area contributed by atoms with Crippen LogP contribution in [0.3, 0.4) is 0 Å². The molecule has 0 fully saturated rings. The Bertz CT molecular complexity index is 1000. The average molecular weight is 447 g/mol. The van der Waals surface area contributed by atoms with Gasteiger partial charge in [-0.1, -0.05) is 58.5 Å². The largest absolute Gasteiger partial charge is 0.260 e. The topological polar surface area (TPSA) is 55.1 Å². The fourth-order valence-corrected chi connectivity index (χ4v) is 3.08. The van der Waals surface area contributed by atoms with Gasteiger partial charge in [0.05, 0.1) is 34.1 Å². The zero-order valence-corrected chi connectivity index (χ0v) is 16.9. The van der Waals surface area contributed by atoms with E-state index in [1.54, 1.807) is 23.7 Å². The molecule has 2 aromatic heterocycles. The minimum absolute atomic E-state index is 0.111. The molecule has 1 N–H and O–H groups in total. The summed E-state index contributed by atoms with van der Waals surface area (Å²) in [4.78, 5) is 4.01. The van der Waals surface area contributed by atoms with Crippen molar-refractivity contribution in [2.45, 2.75) is 13.5 Å². The van der Waals surface area contributed by atoms with Crippen LogP contribution in [0.25, 0.3) is 0 Å². The smallest absolute Gasteiger partial charge is 0.166 e. The van der Waals surface area contributed by atoms with Crippen molar-refractivity contribution in [2.24, 2.45) is 5.10 Å². The molecule has 140 valence electrons. The van der Waals surface area contributed by atoms with E-state index in [1.807, 2.05) is 0 Å². The quantitative estimate of drug-likeness (QED) is 0.304. The number of nitrogens with one attached hydrogen (secondary N) is 1. The van der Waals surface area contributed by atoms with Crippen LogP contribution in [-0.4, -0.2) is 21.0 Å². The summed E-state index contributed by atoms with van der Waals surface area (Å²) in [5, 5.41) is 9.51. The van der Waals surface area contributed by atoms with Crippen molar-refractivity contribution in [1.82, 2.24) is 14.8 Å². The molecule has 27 heavy (non-hydrogen) atoms. The first-order chi connectivity index (χ1) is 12.8. The number of hydrogen-bond donors (Lipinski definition) is 1.